The van der Waals surface area contributed by atoms with Crippen LogP contribution in [0.4, 0.5) is 4.39 Å². The number of aromatic hydroxyl groups is 2. The van der Waals surface area contributed by atoms with E-state index in [1.54, 1.807) is 0 Å². The Bertz CT molecular complexity index is 820. The molecule has 3 aromatic rings. The van der Waals surface area contributed by atoms with E-state index in [4.69, 9.17) is 16.1 Å². The molecule has 106 valence electrons. The summed E-state index contributed by atoms with van der Waals surface area (Å²) in [5.41, 5.74) is 0.583. The van der Waals surface area contributed by atoms with Crippen molar-refractivity contribution in [3.63, 3.8) is 0 Å². The predicted octanol–water partition coefficient (Wildman–Crippen LogP) is 3.61. The van der Waals surface area contributed by atoms with Gasteiger partial charge in [0.1, 0.15) is 17.3 Å². The van der Waals surface area contributed by atoms with E-state index in [0.29, 0.717) is 5.56 Å². The van der Waals surface area contributed by atoms with E-state index < -0.39 is 5.82 Å². The van der Waals surface area contributed by atoms with E-state index in [1.807, 2.05) is 0 Å². The number of phenolic OH excluding ortho intramolecular Hbond substituents is 2. The van der Waals surface area contributed by atoms with Gasteiger partial charge in [0.05, 0.1) is 10.6 Å². The highest BCUT2D eigenvalue weighted by atomic mass is 35.5. The number of rotatable bonds is 2. The monoisotopic (exact) mass is 306 g/mol. The SMILES string of the molecule is Oc1ccc(O)c(-c2nc(-c3ccc(F)cc3Cl)no2)c1. The molecule has 1 heterocycles. The van der Waals surface area contributed by atoms with Gasteiger partial charge in [0.2, 0.25) is 5.82 Å². The normalized spacial score (nSPS) is 10.8. The van der Waals surface area contributed by atoms with Crippen molar-refractivity contribution in [3.05, 3.63) is 47.2 Å². The molecule has 0 bridgehead atoms. The van der Waals surface area contributed by atoms with Gasteiger partial charge in [-0.15, -0.1) is 0 Å². The molecule has 0 unspecified atom stereocenters. The highest BCUT2D eigenvalue weighted by Gasteiger charge is 2.16. The van der Waals surface area contributed by atoms with Gasteiger partial charge in [-0.25, -0.2) is 4.39 Å². The summed E-state index contributed by atoms with van der Waals surface area (Å²) in [6.07, 6.45) is 0. The average molecular weight is 307 g/mol. The molecule has 0 spiro atoms. The summed E-state index contributed by atoms with van der Waals surface area (Å²) in [5, 5.41) is 23.1. The maximum Gasteiger partial charge on any atom is 0.262 e. The number of aromatic nitrogens is 2. The van der Waals surface area contributed by atoms with Crippen molar-refractivity contribution in [2.45, 2.75) is 0 Å². The van der Waals surface area contributed by atoms with E-state index in [9.17, 15) is 14.6 Å². The van der Waals surface area contributed by atoms with Gasteiger partial charge < -0.3 is 14.7 Å². The molecular weight excluding hydrogens is 299 g/mol. The van der Waals surface area contributed by atoms with Crippen molar-refractivity contribution in [2.24, 2.45) is 0 Å². The Morgan fingerprint density at radius 3 is 2.62 bits per heavy atom. The largest absolute Gasteiger partial charge is 0.508 e. The standard InChI is InChI=1S/C14H8ClFN2O3/c15-11-5-7(16)1-3-9(11)13-17-14(21-18-13)10-6-8(19)2-4-12(10)20/h1-6,19-20H. The van der Waals surface area contributed by atoms with Crippen LogP contribution < -0.4 is 0 Å². The van der Waals surface area contributed by atoms with Gasteiger partial charge in [-0.2, -0.15) is 4.98 Å². The highest BCUT2D eigenvalue weighted by molar-refractivity contribution is 6.33. The molecule has 0 amide bonds. The average Bonchev–Trinajstić information content (AvgIpc) is 2.91. The van der Waals surface area contributed by atoms with Crippen LogP contribution >= 0.6 is 11.6 Å². The van der Waals surface area contributed by atoms with Crippen LogP contribution in [0.1, 0.15) is 0 Å². The molecule has 0 aliphatic heterocycles. The molecule has 0 radical (unpaired) electrons. The second-order valence-electron chi connectivity index (χ2n) is 4.25. The molecule has 0 aliphatic carbocycles. The molecule has 2 aromatic carbocycles. The quantitative estimate of drug-likeness (QED) is 0.707. The number of benzene rings is 2. The van der Waals surface area contributed by atoms with E-state index in [-0.39, 0.29) is 33.8 Å². The van der Waals surface area contributed by atoms with Crippen LogP contribution in [-0.2, 0) is 0 Å². The van der Waals surface area contributed by atoms with Crippen LogP contribution in [0, 0.1) is 5.82 Å². The van der Waals surface area contributed by atoms with Crippen LogP contribution in [0.5, 0.6) is 11.5 Å². The highest BCUT2D eigenvalue weighted by Crippen LogP contribution is 2.33. The van der Waals surface area contributed by atoms with E-state index >= 15 is 0 Å². The topological polar surface area (TPSA) is 79.4 Å². The number of hydrogen-bond acceptors (Lipinski definition) is 5. The molecular formula is C14H8ClFN2O3. The predicted molar refractivity (Wildman–Crippen MR) is 73.5 cm³/mol. The van der Waals surface area contributed by atoms with E-state index in [2.05, 4.69) is 10.1 Å². The van der Waals surface area contributed by atoms with Gasteiger partial charge in [0.25, 0.3) is 5.89 Å². The van der Waals surface area contributed by atoms with Crippen molar-refractivity contribution >= 4 is 11.6 Å². The maximum absolute atomic E-state index is 13.0. The van der Waals surface area contributed by atoms with Crippen LogP contribution in [0.2, 0.25) is 5.02 Å². The van der Waals surface area contributed by atoms with Gasteiger partial charge in [-0.05, 0) is 36.4 Å². The number of halogens is 2. The van der Waals surface area contributed by atoms with Crippen LogP contribution in [0.3, 0.4) is 0 Å². The first kappa shape index (κ1) is 13.4. The van der Waals surface area contributed by atoms with Gasteiger partial charge >= 0.3 is 0 Å². The molecule has 5 nitrogen and oxygen atoms in total. The minimum Gasteiger partial charge on any atom is -0.508 e. The Kier molecular flexibility index (Phi) is 3.23. The zero-order valence-electron chi connectivity index (χ0n) is 10.4. The molecule has 0 saturated carbocycles. The third kappa shape index (κ3) is 2.53. The summed E-state index contributed by atoms with van der Waals surface area (Å²) >= 11 is 5.92. The van der Waals surface area contributed by atoms with Crippen molar-refractivity contribution in [1.82, 2.24) is 10.1 Å². The molecule has 2 N–H and O–H groups in total. The van der Waals surface area contributed by atoms with E-state index in [0.717, 1.165) is 6.07 Å². The summed E-state index contributed by atoms with van der Waals surface area (Å²) in [4.78, 5) is 4.09. The molecule has 0 fully saturated rings. The lowest BCUT2D eigenvalue weighted by Crippen LogP contribution is -1.84. The van der Waals surface area contributed by atoms with Crippen molar-refractivity contribution in [3.8, 4) is 34.3 Å². The van der Waals surface area contributed by atoms with Crippen LogP contribution in [0.25, 0.3) is 22.8 Å². The Morgan fingerprint density at radius 1 is 1.05 bits per heavy atom. The third-order valence-corrected chi connectivity index (χ3v) is 3.12. The zero-order chi connectivity index (χ0) is 15.0. The fraction of sp³-hybridized carbons (Fsp3) is 0. The lowest BCUT2D eigenvalue weighted by Gasteiger charge is -1.99. The van der Waals surface area contributed by atoms with Crippen molar-refractivity contribution in [1.29, 1.82) is 0 Å². The first-order valence-electron chi connectivity index (χ1n) is 5.86. The molecule has 0 saturated heterocycles. The zero-order valence-corrected chi connectivity index (χ0v) is 11.2. The first-order chi connectivity index (χ1) is 10.0. The molecule has 1 aromatic heterocycles. The van der Waals surface area contributed by atoms with Crippen LogP contribution in [0.15, 0.2) is 40.9 Å². The minimum atomic E-state index is -0.474. The van der Waals surface area contributed by atoms with Crippen molar-refractivity contribution in [2.75, 3.05) is 0 Å². The number of nitrogens with zero attached hydrogens (tertiary/aromatic N) is 2. The Hall–Kier alpha value is -2.60. The first-order valence-corrected chi connectivity index (χ1v) is 6.24. The van der Waals surface area contributed by atoms with Gasteiger partial charge in [-0.1, -0.05) is 16.8 Å². The summed E-state index contributed by atoms with van der Waals surface area (Å²) in [5.74, 6) is -0.481. The van der Waals surface area contributed by atoms with Crippen LogP contribution in [-0.4, -0.2) is 20.4 Å². The molecule has 0 atom stereocenters. The Labute approximate surface area is 123 Å². The third-order valence-electron chi connectivity index (χ3n) is 2.81. The number of phenols is 2. The summed E-state index contributed by atoms with van der Waals surface area (Å²) in [6.45, 7) is 0. The summed E-state index contributed by atoms with van der Waals surface area (Å²) in [7, 11) is 0. The number of hydrogen-bond donors (Lipinski definition) is 2. The van der Waals surface area contributed by atoms with Gasteiger partial charge in [0, 0.05) is 5.56 Å². The maximum atomic E-state index is 13.0. The fourth-order valence-corrected chi connectivity index (χ4v) is 2.06. The fourth-order valence-electron chi connectivity index (χ4n) is 1.81. The van der Waals surface area contributed by atoms with Gasteiger partial charge in [-0.3, -0.25) is 0 Å². The van der Waals surface area contributed by atoms with E-state index in [1.165, 1.54) is 30.3 Å². The second-order valence-corrected chi connectivity index (χ2v) is 4.66. The lowest BCUT2D eigenvalue weighted by atomic mass is 10.2. The Morgan fingerprint density at radius 2 is 1.86 bits per heavy atom. The lowest BCUT2D eigenvalue weighted by molar-refractivity contribution is 0.423. The summed E-state index contributed by atoms with van der Waals surface area (Å²) in [6, 6.07) is 7.71. The minimum absolute atomic E-state index is 0.0128. The molecule has 3 rings (SSSR count). The smallest absolute Gasteiger partial charge is 0.262 e. The second kappa shape index (κ2) is 5.06. The Balaban J connectivity index is 2.06. The molecule has 7 heteroatoms. The molecule has 0 aliphatic rings. The van der Waals surface area contributed by atoms with Crippen molar-refractivity contribution < 1.29 is 19.1 Å². The van der Waals surface area contributed by atoms with Gasteiger partial charge in [0.15, 0.2) is 0 Å². The molecule has 21 heavy (non-hydrogen) atoms. The summed E-state index contributed by atoms with van der Waals surface area (Å²) < 4.78 is 18.1.